The quantitative estimate of drug-likeness (QED) is 0.636. The minimum atomic E-state index is -0.159. The van der Waals surface area contributed by atoms with Gasteiger partial charge in [-0.05, 0) is 31.2 Å². The summed E-state index contributed by atoms with van der Waals surface area (Å²) in [6, 6.07) is 0. The number of hydrogen-bond donors (Lipinski definition) is 2. The van der Waals surface area contributed by atoms with E-state index in [1.54, 1.807) is 0 Å². The van der Waals surface area contributed by atoms with Gasteiger partial charge in [0.15, 0.2) is 0 Å². The molecule has 1 aliphatic carbocycles. The number of rotatable bonds is 7. The molecule has 0 amide bonds. The molecule has 0 aromatic carbocycles. The van der Waals surface area contributed by atoms with E-state index in [1.807, 2.05) is 0 Å². The molecular formula is C11H23NO. The first kappa shape index (κ1) is 11.0. The Kier molecular flexibility index (Phi) is 4.74. The van der Waals surface area contributed by atoms with E-state index < -0.39 is 0 Å². The van der Waals surface area contributed by atoms with Gasteiger partial charge in [0.1, 0.15) is 0 Å². The first-order valence-electron chi connectivity index (χ1n) is 5.66. The molecule has 3 N–H and O–H groups in total. The second-order valence-corrected chi connectivity index (χ2v) is 4.35. The summed E-state index contributed by atoms with van der Waals surface area (Å²) in [4.78, 5) is 0. The zero-order valence-electron chi connectivity index (χ0n) is 8.71. The van der Waals surface area contributed by atoms with Crippen molar-refractivity contribution in [1.82, 2.24) is 0 Å². The summed E-state index contributed by atoms with van der Waals surface area (Å²) in [5.74, 6) is 1.31. The first-order valence-corrected chi connectivity index (χ1v) is 5.66. The lowest BCUT2D eigenvalue weighted by Crippen LogP contribution is -2.27. The predicted molar refractivity (Wildman–Crippen MR) is 55.4 cm³/mol. The van der Waals surface area contributed by atoms with Crippen molar-refractivity contribution in [3.8, 4) is 0 Å². The molecule has 2 unspecified atom stereocenters. The summed E-state index contributed by atoms with van der Waals surface area (Å²) in [6.45, 7) is 2.72. The molecule has 78 valence electrons. The highest BCUT2D eigenvalue weighted by molar-refractivity contribution is 4.74. The van der Waals surface area contributed by atoms with Crippen LogP contribution in [0.3, 0.4) is 0 Å². The van der Waals surface area contributed by atoms with E-state index in [9.17, 15) is 5.11 Å². The predicted octanol–water partition coefficient (Wildman–Crippen LogP) is 1.91. The van der Waals surface area contributed by atoms with Crippen LogP contribution in [0.4, 0.5) is 0 Å². The van der Waals surface area contributed by atoms with Crippen LogP contribution in [0.5, 0.6) is 0 Å². The lowest BCUT2D eigenvalue weighted by molar-refractivity contribution is 0.0973. The van der Waals surface area contributed by atoms with E-state index in [4.69, 9.17) is 5.73 Å². The van der Waals surface area contributed by atoms with Crippen molar-refractivity contribution in [2.45, 2.75) is 51.6 Å². The third-order valence-electron chi connectivity index (χ3n) is 3.18. The highest BCUT2D eigenvalue weighted by Crippen LogP contribution is 2.34. The van der Waals surface area contributed by atoms with Crippen LogP contribution >= 0.6 is 0 Å². The molecule has 1 aliphatic rings. The van der Waals surface area contributed by atoms with Crippen molar-refractivity contribution in [2.24, 2.45) is 17.6 Å². The minimum Gasteiger partial charge on any atom is -0.393 e. The topological polar surface area (TPSA) is 46.2 Å². The summed E-state index contributed by atoms with van der Waals surface area (Å²) in [5.41, 5.74) is 5.57. The van der Waals surface area contributed by atoms with Crippen molar-refractivity contribution in [2.75, 3.05) is 6.54 Å². The Morgan fingerprint density at radius 3 is 2.62 bits per heavy atom. The molecule has 2 nitrogen and oxygen atoms in total. The SMILES string of the molecule is CCC(CN)C(O)CCCC1CC1. The largest absolute Gasteiger partial charge is 0.393 e. The smallest absolute Gasteiger partial charge is 0.0580 e. The summed E-state index contributed by atoms with van der Waals surface area (Å²) >= 11 is 0. The molecule has 0 aliphatic heterocycles. The van der Waals surface area contributed by atoms with Crippen LogP contribution in [0, 0.1) is 11.8 Å². The van der Waals surface area contributed by atoms with Gasteiger partial charge in [0, 0.05) is 0 Å². The molecule has 1 fully saturated rings. The Labute approximate surface area is 81.5 Å². The molecule has 0 heterocycles. The van der Waals surface area contributed by atoms with Crippen molar-refractivity contribution in [3.63, 3.8) is 0 Å². The van der Waals surface area contributed by atoms with Crippen LogP contribution in [-0.2, 0) is 0 Å². The molecule has 2 heteroatoms. The highest BCUT2D eigenvalue weighted by atomic mass is 16.3. The maximum absolute atomic E-state index is 9.76. The monoisotopic (exact) mass is 185 g/mol. The molecule has 2 atom stereocenters. The lowest BCUT2D eigenvalue weighted by Gasteiger charge is -2.19. The lowest BCUT2D eigenvalue weighted by atomic mass is 9.95. The third-order valence-corrected chi connectivity index (χ3v) is 3.18. The Hall–Kier alpha value is -0.0800. The third kappa shape index (κ3) is 4.10. The second kappa shape index (κ2) is 5.61. The Morgan fingerprint density at radius 1 is 1.46 bits per heavy atom. The Morgan fingerprint density at radius 2 is 2.15 bits per heavy atom. The van der Waals surface area contributed by atoms with Gasteiger partial charge in [-0.15, -0.1) is 0 Å². The number of aliphatic hydroxyl groups excluding tert-OH is 1. The van der Waals surface area contributed by atoms with Gasteiger partial charge < -0.3 is 10.8 Å². The molecule has 0 saturated heterocycles. The molecule has 1 saturated carbocycles. The molecule has 13 heavy (non-hydrogen) atoms. The molecular weight excluding hydrogens is 162 g/mol. The fourth-order valence-electron chi connectivity index (χ4n) is 1.85. The fourth-order valence-corrected chi connectivity index (χ4v) is 1.85. The number of aliphatic hydroxyl groups is 1. The van der Waals surface area contributed by atoms with Crippen molar-refractivity contribution in [3.05, 3.63) is 0 Å². The summed E-state index contributed by atoms with van der Waals surface area (Å²) in [6.07, 6.45) is 7.14. The molecule has 0 spiro atoms. The van der Waals surface area contributed by atoms with E-state index in [2.05, 4.69) is 6.92 Å². The van der Waals surface area contributed by atoms with Crippen LogP contribution in [0.1, 0.15) is 45.4 Å². The van der Waals surface area contributed by atoms with Crippen molar-refractivity contribution < 1.29 is 5.11 Å². The van der Waals surface area contributed by atoms with Crippen LogP contribution in [0.15, 0.2) is 0 Å². The Bertz CT molecular complexity index is 130. The summed E-state index contributed by atoms with van der Waals surface area (Å²) in [5, 5.41) is 9.76. The molecule has 0 radical (unpaired) electrons. The van der Waals surface area contributed by atoms with Gasteiger partial charge in [-0.3, -0.25) is 0 Å². The molecule has 0 bridgehead atoms. The zero-order valence-corrected chi connectivity index (χ0v) is 8.71. The highest BCUT2D eigenvalue weighted by Gasteiger charge is 2.22. The van der Waals surface area contributed by atoms with Gasteiger partial charge in [-0.2, -0.15) is 0 Å². The zero-order chi connectivity index (χ0) is 9.68. The van der Waals surface area contributed by atoms with Crippen LogP contribution in [0.2, 0.25) is 0 Å². The van der Waals surface area contributed by atoms with Crippen LogP contribution in [-0.4, -0.2) is 17.8 Å². The Balaban J connectivity index is 2.03. The van der Waals surface area contributed by atoms with Gasteiger partial charge in [0.25, 0.3) is 0 Å². The second-order valence-electron chi connectivity index (χ2n) is 4.35. The van der Waals surface area contributed by atoms with Gasteiger partial charge in [0.05, 0.1) is 6.10 Å². The minimum absolute atomic E-state index is 0.159. The normalized spacial score (nSPS) is 21.5. The van der Waals surface area contributed by atoms with E-state index in [0.29, 0.717) is 12.5 Å². The molecule has 0 aromatic rings. The van der Waals surface area contributed by atoms with Gasteiger partial charge in [-0.25, -0.2) is 0 Å². The average Bonchev–Trinajstić information content (AvgIpc) is 2.90. The van der Waals surface area contributed by atoms with Crippen molar-refractivity contribution >= 4 is 0 Å². The standard InChI is InChI=1S/C11H23NO/c1-2-10(8-12)11(13)5-3-4-9-6-7-9/h9-11,13H,2-8,12H2,1H3. The summed E-state index contributed by atoms with van der Waals surface area (Å²) < 4.78 is 0. The number of nitrogens with two attached hydrogens (primary N) is 1. The van der Waals surface area contributed by atoms with Crippen LogP contribution in [0.25, 0.3) is 0 Å². The van der Waals surface area contributed by atoms with Gasteiger partial charge in [0.2, 0.25) is 0 Å². The van der Waals surface area contributed by atoms with Gasteiger partial charge >= 0.3 is 0 Å². The van der Waals surface area contributed by atoms with Crippen LogP contribution < -0.4 is 5.73 Å². The van der Waals surface area contributed by atoms with E-state index >= 15 is 0 Å². The molecule has 0 aromatic heterocycles. The van der Waals surface area contributed by atoms with Gasteiger partial charge in [-0.1, -0.05) is 32.6 Å². The summed E-state index contributed by atoms with van der Waals surface area (Å²) in [7, 11) is 0. The van der Waals surface area contributed by atoms with E-state index in [-0.39, 0.29) is 6.10 Å². The fraction of sp³-hybridized carbons (Fsp3) is 1.00. The average molecular weight is 185 g/mol. The van der Waals surface area contributed by atoms with Crippen molar-refractivity contribution in [1.29, 1.82) is 0 Å². The van der Waals surface area contributed by atoms with E-state index in [1.165, 1.54) is 25.7 Å². The first-order chi connectivity index (χ1) is 6.27. The van der Waals surface area contributed by atoms with E-state index in [0.717, 1.165) is 18.8 Å². The molecule has 1 rings (SSSR count). The maximum Gasteiger partial charge on any atom is 0.0580 e. The number of hydrogen-bond acceptors (Lipinski definition) is 2. The maximum atomic E-state index is 9.76.